The highest BCUT2D eigenvalue weighted by molar-refractivity contribution is 7.91. The quantitative estimate of drug-likeness (QED) is 0.833. The Morgan fingerprint density at radius 3 is 2.74 bits per heavy atom. The van der Waals surface area contributed by atoms with E-state index in [0.29, 0.717) is 17.7 Å². The molecule has 3 nitrogen and oxygen atoms in total. The Labute approximate surface area is 116 Å². The lowest BCUT2D eigenvalue weighted by molar-refractivity contribution is 0.399. The molecule has 0 aliphatic heterocycles. The zero-order valence-corrected chi connectivity index (χ0v) is 12.5. The maximum absolute atomic E-state index is 11.5. The molecule has 1 aliphatic rings. The third kappa shape index (κ3) is 3.37. The Hall–Kier alpha value is -0.870. The van der Waals surface area contributed by atoms with E-state index in [1.165, 1.54) is 11.1 Å². The van der Waals surface area contributed by atoms with Crippen molar-refractivity contribution in [3.8, 4) is 0 Å². The molecule has 0 saturated carbocycles. The van der Waals surface area contributed by atoms with Crippen molar-refractivity contribution in [3.63, 3.8) is 0 Å². The minimum Gasteiger partial charge on any atom is -0.316 e. The summed E-state index contributed by atoms with van der Waals surface area (Å²) in [6.07, 6.45) is 2.79. The van der Waals surface area contributed by atoms with E-state index in [4.69, 9.17) is 0 Å². The van der Waals surface area contributed by atoms with Gasteiger partial charge in [0.1, 0.15) is 9.84 Å². The van der Waals surface area contributed by atoms with Crippen LogP contribution in [0.3, 0.4) is 0 Å². The fraction of sp³-hybridized carbons (Fsp3) is 0.600. The van der Waals surface area contributed by atoms with Crippen LogP contribution >= 0.6 is 0 Å². The number of nitrogens with one attached hydrogen (secondary N) is 1. The van der Waals surface area contributed by atoms with Gasteiger partial charge in [-0.25, -0.2) is 8.42 Å². The average Bonchev–Trinajstić information content (AvgIpc) is 2.38. The monoisotopic (exact) mass is 281 g/mol. The predicted octanol–water partition coefficient (Wildman–Crippen LogP) is 2.13. The highest BCUT2D eigenvalue weighted by Gasteiger charge is 2.31. The summed E-state index contributed by atoms with van der Waals surface area (Å²) < 4.78 is 23.0. The van der Waals surface area contributed by atoms with Crippen molar-refractivity contribution < 1.29 is 8.42 Å². The molecule has 0 spiro atoms. The fourth-order valence-corrected chi connectivity index (χ4v) is 3.77. The standard InChI is InChI=1S/C15H23NO2S/c1-3-19(17,18)10-6-9-15(16-2)14-11-12-7-4-5-8-13(12)14/h4-5,7-8,14-16H,3,6,9-11H2,1-2H3. The molecule has 0 amide bonds. The summed E-state index contributed by atoms with van der Waals surface area (Å²) >= 11 is 0. The van der Waals surface area contributed by atoms with Crippen molar-refractivity contribution in [2.75, 3.05) is 18.6 Å². The Bertz CT molecular complexity index is 525. The van der Waals surface area contributed by atoms with Gasteiger partial charge < -0.3 is 5.32 Å². The number of hydrogen-bond donors (Lipinski definition) is 1. The molecule has 4 heteroatoms. The molecule has 0 heterocycles. The highest BCUT2D eigenvalue weighted by Crippen LogP contribution is 2.38. The molecular formula is C15H23NO2S. The Morgan fingerprint density at radius 2 is 2.11 bits per heavy atom. The van der Waals surface area contributed by atoms with Crippen molar-refractivity contribution in [3.05, 3.63) is 35.4 Å². The molecule has 0 saturated heterocycles. The van der Waals surface area contributed by atoms with E-state index in [1.54, 1.807) is 6.92 Å². The molecule has 1 aromatic carbocycles. The first-order valence-electron chi connectivity index (χ1n) is 7.03. The topological polar surface area (TPSA) is 46.2 Å². The van der Waals surface area contributed by atoms with Gasteiger partial charge in [-0.2, -0.15) is 0 Å². The Balaban J connectivity index is 1.89. The first-order chi connectivity index (χ1) is 9.07. The lowest BCUT2D eigenvalue weighted by atomic mass is 9.72. The first kappa shape index (κ1) is 14.5. The molecule has 2 rings (SSSR count). The van der Waals surface area contributed by atoms with Gasteiger partial charge in [-0.1, -0.05) is 31.2 Å². The molecule has 0 radical (unpaired) electrons. The van der Waals surface area contributed by atoms with E-state index >= 15 is 0 Å². The molecule has 1 N–H and O–H groups in total. The van der Waals surface area contributed by atoms with Gasteiger partial charge in [-0.05, 0) is 37.4 Å². The minimum absolute atomic E-state index is 0.253. The molecule has 0 fully saturated rings. The van der Waals surface area contributed by atoms with E-state index in [-0.39, 0.29) is 5.75 Å². The summed E-state index contributed by atoms with van der Waals surface area (Å²) in [5, 5.41) is 3.35. The molecule has 0 aromatic heterocycles. The van der Waals surface area contributed by atoms with Crippen molar-refractivity contribution >= 4 is 9.84 Å². The number of sulfone groups is 1. The van der Waals surface area contributed by atoms with Crippen LogP contribution in [0, 0.1) is 0 Å². The van der Waals surface area contributed by atoms with Gasteiger partial charge in [0, 0.05) is 17.7 Å². The van der Waals surface area contributed by atoms with E-state index in [2.05, 4.69) is 29.6 Å². The van der Waals surface area contributed by atoms with Crippen molar-refractivity contribution in [1.82, 2.24) is 5.32 Å². The van der Waals surface area contributed by atoms with Crippen LogP contribution < -0.4 is 5.32 Å². The molecule has 2 unspecified atom stereocenters. The van der Waals surface area contributed by atoms with Gasteiger partial charge in [0.25, 0.3) is 0 Å². The second-order valence-corrected chi connectivity index (χ2v) is 7.76. The summed E-state index contributed by atoms with van der Waals surface area (Å²) in [5.41, 5.74) is 2.87. The van der Waals surface area contributed by atoms with Crippen molar-refractivity contribution in [2.45, 2.75) is 38.1 Å². The molecular weight excluding hydrogens is 258 g/mol. The summed E-state index contributed by atoms with van der Waals surface area (Å²) in [4.78, 5) is 0. The van der Waals surface area contributed by atoms with Crippen LogP contribution in [0.25, 0.3) is 0 Å². The molecule has 19 heavy (non-hydrogen) atoms. The van der Waals surface area contributed by atoms with Gasteiger partial charge in [0.05, 0.1) is 5.75 Å². The molecule has 0 bridgehead atoms. The SMILES string of the molecule is CCS(=O)(=O)CCCC(NC)C1Cc2ccccc21. The van der Waals surface area contributed by atoms with Gasteiger partial charge in [0.2, 0.25) is 0 Å². The predicted molar refractivity (Wildman–Crippen MR) is 79.3 cm³/mol. The van der Waals surface area contributed by atoms with Crippen LogP contribution in [0.5, 0.6) is 0 Å². The fourth-order valence-electron chi connectivity index (χ4n) is 2.87. The van der Waals surface area contributed by atoms with Crippen molar-refractivity contribution in [2.24, 2.45) is 0 Å². The zero-order chi connectivity index (χ0) is 13.9. The van der Waals surface area contributed by atoms with Gasteiger partial charge in [-0.15, -0.1) is 0 Å². The normalized spacial score (nSPS) is 19.6. The first-order valence-corrected chi connectivity index (χ1v) is 8.85. The van der Waals surface area contributed by atoms with Gasteiger partial charge in [-0.3, -0.25) is 0 Å². The second kappa shape index (κ2) is 6.06. The number of fused-ring (bicyclic) bond motifs is 1. The number of benzene rings is 1. The zero-order valence-electron chi connectivity index (χ0n) is 11.7. The minimum atomic E-state index is -2.83. The van der Waals surface area contributed by atoms with Crippen LogP contribution in [-0.2, 0) is 16.3 Å². The largest absolute Gasteiger partial charge is 0.316 e. The van der Waals surface area contributed by atoms with Crippen LogP contribution in [0.4, 0.5) is 0 Å². The summed E-state index contributed by atoms with van der Waals surface area (Å²) in [7, 11) is -0.854. The smallest absolute Gasteiger partial charge is 0.150 e. The lowest BCUT2D eigenvalue weighted by Gasteiger charge is -2.36. The van der Waals surface area contributed by atoms with E-state index in [1.807, 2.05) is 7.05 Å². The average molecular weight is 281 g/mol. The molecule has 2 atom stereocenters. The van der Waals surface area contributed by atoms with Crippen LogP contribution in [0.2, 0.25) is 0 Å². The third-order valence-electron chi connectivity index (χ3n) is 4.16. The molecule has 1 aromatic rings. The summed E-state index contributed by atoms with van der Waals surface area (Å²) in [6, 6.07) is 8.93. The third-order valence-corrected chi connectivity index (χ3v) is 5.95. The Kier molecular flexibility index (Phi) is 4.63. The van der Waals surface area contributed by atoms with Crippen LogP contribution in [0.15, 0.2) is 24.3 Å². The lowest BCUT2D eigenvalue weighted by Crippen LogP contribution is -2.38. The number of hydrogen-bond acceptors (Lipinski definition) is 3. The van der Waals surface area contributed by atoms with Crippen LogP contribution in [-0.4, -0.2) is 33.0 Å². The van der Waals surface area contributed by atoms with E-state index in [9.17, 15) is 8.42 Å². The molecule has 1 aliphatic carbocycles. The number of likely N-dealkylation sites (N-methyl/N-ethyl adjacent to an activating group) is 1. The van der Waals surface area contributed by atoms with Gasteiger partial charge >= 0.3 is 0 Å². The van der Waals surface area contributed by atoms with E-state index < -0.39 is 9.84 Å². The summed E-state index contributed by atoms with van der Waals surface area (Å²) in [5.74, 6) is 1.12. The highest BCUT2D eigenvalue weighted by atomic mass is 32.2. The summed E-state index contributed by atoms with van der Waals surface area (Å²) in [6.45, 7) is 1.72. The maximum Gasteiger partial charge on any atom is 0.150 e. The second-order valence-electron chi connectivity index (χ2n) is 5.28. The maximum atomic E-state index is 11.5. The number of rotatable bonds is 7. The molecule has 106 valence electrons. The van der Waals surface area contributed by atoms with Crippen molar-refractivity contribution in [1.29, 1.82) is 0 Å². The van der Waals surface area contributed by atoms with Crippen LogP contribution in [0.1, 0.15) is 36.8 Å². The Morgan fingerprint density at radius 1 is 1.37 bits per heavy atom. The van der Waals surface area contributed by atoms with Gasteiger partial charge in [0.15, 0.2) is 0 Å². The van der Waals surface area contributed by atoms with E-state index in [0.717, 1.165) is 19.3 Å².